The van der Waals surface area contributed by atoms with Gasteiger partial charge >= 0.3 is 12.2 Å². The van der Waals surface area contributed by atoms with Gasteiger partial charge in [-0.05, 0) is 53.9 Å². The van der Waals surface area contributed by atoms with Crippen molar-refractivity contribution in [3.8, 4) is 11.5 Å². The van der Waals surface area contributed by atoms with Gasteiger partial charge in [-0.3, -0.25) is 10.00 Å². The SMILES string of the molecule is CCN1CCN(Cc2ccc(NC(=O)N3CCc4ccc(Oc5cn[nH]c5)cc4C3)cc2C(F)(F)F)CC1. The van der Waals surface area contributed by atoms with Crippen LogP contribution in [0.15, 0.2) is 48.8 Å². The van der Waals surface area contributed by atoms with E-state index in [0.717, 1.165) is 49.9 Å². The third-order valence-corrected chi connectivity index (χ3v) is 7.16. The van der Waals surface area contributed by atoms with E-state index < -0.39 is 17.8 Å². The summed E-state index contributed by atoms with van der Waals surface area (Å²) in [6, 6.07) is 9.35. The number of H-pyrrole nitrogens is 1. The van der Waals surface area contributed by atoms with E-state index >= 15 is 0 Å². The number of piperazine rings is 1. The van der Waals surface area contributed by atoms with Crippen molar-refractivity contribution >= 4 is 11.7 Å². The van der Waals surface area contributed by atoms with E-state index in [1.807, 2.05) is 23.1 Å². The van der Waals surface area contributed by atoms with Gasteiger partial charge in [-0.25, -0.2) is 4.79 Å². The van der Waals surface area contributed by atoms with Crippen LogP contribution in [0.5, 0.6) is 11.5 Å². The lowest BCUT2D eigenvalue weighted by atomic mass is 9.99. The van der Waals surface area contributed by atoms with Crippen LogP contribution in [0.4, 0.5) is 23.7 Å². The number of amides is 2. The van der Waals surface area contributed by atoms with E-state index in [-0.39, 0.29) is 17.8 Å². The van der Waals surface area contributed by atoms with Crippen LogP contribution in [0.25, 0.3) is 0 Å². The van der Waals surface area contributed by atoms with Gasteiger partial charge in [0.15, 0.2) is 5.75 Å². The van der Waals surface area contributed by atoms with Gasteiger partial charge in [0.25, 0.3) is 0 Å². The summed E-state index contributed by atoms with van der Waals surface area (Å²) in [4.78, 5) is 18.9. The first-order valence-corrected chi connectivity index (χ1v) is 12.8. The molecule has 2 amide bonds. The first-order valence-electron chi connectivity index (χ1n) is 12.8. The lowest BCUT2D eigenvalue weighted by Gasteiger charge is -2.34. The predicted molar refractivity (Wildman–Crippen MR) is 137 cm³/mol. The number of hydrogen-bond donors (Lipinski definition) is 2. The second kappa shape index (κ2) is 11.0. The highest BCUT2D eigenvalue weighted by atomic mass is 19.4. The summed E-state index contributed by atoms with van der Waals surface area (Å²) in [6.07, 6.45) is -0.679. The zero-order valence-electron chi connectivity index (χ0n) is 21.2. The van der Waals surface area contributed by atoms with Gasteiger partial charge in [-0.15, -0.1) is 0 Å². The second-order valence-electron chi connectivity index (χ2n) is 9.65. The molecule has 3 aromatic rings. The number of carbonyl (C=O) groups excluding carboxylic acids is 1. The molecule has 0 unspecified atom stereocenters. The molecule has 5 rings (SSSR count). The molecular formula is C27H31F3N6O2. The van der Waals surface area contributed by atoms with Crippen molar-refractivity contribution in [2.24, 2.45) is 0 Å². The van der Waals surface area contributed by atoms with E-state index in [1.165, 1.54) is 6.07 Å². The van der Waals surface area contributed by atoms with Crippen molar-refractivity contribution in [2.45, 2.75) is 32.6 Å². The molecular weight excluding hydrogens is 497 g/mol. The summed E-state index contributed by atoms with van der Waals surface area (Å²) < 4.78 is 47.7. The summed E-state index contributed by atoms with van der Waals surface area (Å²) in [7, 11) is 0. The van der Waals surface area contributed by atoms with Crippen molar-refractivity contribution in [3.05, 3.63) is 71.0 Å². The van der Waals surface area contributed by atoms with E-state index in [0.29, 0.717) is 31.0 Å². The standard InChI is InChI=1S/C27H31F3N6O2/c1-2-34-9-11-35(12-10-34)17-20-3-5-22(14-25(20)27(28,29)30)33-26(37)36-8-7-19-4-6-23(13-21(19)18-36)38-24-15-31-32-16-24/h3-6,13-16H,2,7-12,17-18H2,1H3,(H,31,32)(H,33,37). The lowest BCUT2D eigenvalue weighted by Crippen LogP contribution is -2.45. The highest BCUT2D eigenvalue weighted by molar-refractivity contribution is 5.89. The number of rotatable bonds is 6. The molecule has 2 N–H and O–H groups in total. The molecule has 0 atom stereocenters. The number of nitrogens with zero attached hydrogens (tertiary/aromatic N) is 4. The first-order chi connectivity index (χ1) is 18.3. The fraction of sp³-hybridized carbons (Fsp3) is 0.407. The van der Waals surface area contributed by atoms with E-state index in [9.17, 15) is 18.0 Å². The number of fused-ring (bicyclic) bond motifs is 1. The number of halogens is 3. The Balaban J connectivity index is 1.25. The molecule has 1 aromatic heterocycles. The number of aromatic amines is 1. The third-order valence-electron chi connectivity index (χ3n) is 7.16. The Morgan fingerprint density at radius 2 is 1.82 bits per heavy atom. The number of nitrogens with one attached hydrogen (secondary N) is 2. The Kier molecular flexibility index (Phi) is 7.57. The number of anilines is 1. The minimum absolute atomic E-state index is 0.129. The molecule has 3 heterocycles. The summed E-state index contributed by atoms with van der Waals surface area (Å²) >= 11 is 0. The molecule has 2 aliphatic heterocycles. The summed E-state index contributed by atoms with van der Waals surface area (Å²) in [5, 5.41) is 9.22. The van der Waals surface area contributed by atoms with Crippen LogP contribution in [0.2, 0.25) is 0 Å². The zero-order valence-corrected chi connectivity index (χ0v) is 21.2. The van der Waals surface area contributed by atoms with Gasteiger partial charge in [0.05, 0.1) is 18.0 Å². The van der Waals surface area contributed by atoms with Crippen LogP contribution < -0.4 is 10.1 Å². The van der Waals surface area contributed by atoms with E-state index in [4.69, 9.17) is 4.74 Å². The largest absolute Gasteiger partial charge is 0.454 e. The molecule has 2 aliphatic rings. The maximum atomic E-state index is 14.0. The van der Waals surface area contributed by atoms with Crippen molar-refractivity contribution in [3.63, 3.8) is 0 Å². The Bertz CT molecular complexity index is 1260. The number of aromatic nitrogens is 2. The molecule has 1 saturated heterocycles. The Morgan fingerprint density at radius 1 is 1.03 bits per heavy atom. The Morgan fingerprint density at radius 3 is 2.53 bits per heavy atom. The van der Waals surface area contributed by atoms with Crippen molar-refractivity contribution in [1.29, 1.82) is 0 Å². The van der Waals surface area contributed by atoms with Gasteiger partial charge in [0.2, 0.25) is 0 Å². The minimum atomic E-state index is -4.52. The number of carbonyl (C=O) groups is 1. The predicted octanol–water partition coefficient (Wildman–Crippen LogP) is 4.95. The number of alkyl halides is 3. The molecule has 0 saturated carbocycles. The van der Waals surface area contributed by atoms with Gasteiger partial charge in [0, 0.05) is 51.5 Å². The molecule has 11 heteroatoms. The van der Waals surface area contributed by atoms with Crippen LogP contribution in [0.3, 0.4) is 0 Å². The molecule has 2 aromatic carbocycles. The third kappa shape index (κ3) is 6.11. The maximum absolute atomic E-state index is 14.0. The number of urea groups is 1. The van der Waals surface area contributed by atoms with E-state index in [1.54, 1.807) is 23.4 Å². The van der Waals surface area contributed by atoms with Gasteiger partial charge in [-0.1, -0.05) is 19.1 Å². The monoisotopic (exact) mass is 528 g/mol. The average molecular weight is 529 g/mol. The van der Waals surface area contributed by atoms with Gasteiger partial charge < -0.3 is 19.9 Å². The zero-order chi connectivity index (χ0) is 26.7. The molecule has 0 spiro atoms. The average Bonchev–Trinajstić information content (AvgIpc) is 3.42. The number of hydrogen-bond acceptors (Lipinski definition) is 5. The van der Waals surface area contributed by atoms with Crippen molar-refractivity contribution < 1.29 is 22.7 Å². The number of likely N-dealkylation sites (N-methyl/N-ethyl adjacent to an activating group) is 1. The second-order valence-corrected chi connectivity index (χ2v) is 9.65. The molecule has 1 fully saturated rings. The Labute approximate surface area is 219 Å². The smallest absolute Gasteiger partial charge is 0.416 e. The maximum Gasteiger partial charge on any atom is 0.416 e. The minimum Gasteiger partial charge on any atom is -0.454 e. The highest BCUT2D eigenvalue weighted by Gasteiger charge is 2.34. The molecule has 8 nitrogen and oxygen atoms in total. The van der Waals surface area contributed by atoms with Crippen molar-refractivity contribution in [1.82, 2.24) is 24.9 Å². The molecule has 0 bridgehead atoms. The number of benzene rings is 2. The lowest BCUT2D eigenvalue weighted by molar-refractivity contribution is -0.138. The highest BCUT2D eigenvalue weighted by Crippen LogP contribution is 2.35. The van der Waals surface area contributed by atoms with Crippen LogP contribution in [-0.4, -0.2) is 70.2 Å². The molecule has 38 heavy (non-hydrogen) atoms. The van der Waals surface area contributed by atoms with Crippen LogP contribution in [0, 0.1) is 0 Å². The van der Waals surface area contributed by atoms with E-state index in [2.05, 4.69) is 27.3 Å². The molecule has 0 aliphatic carbocycles. The topological polar surface area (TPSA) is 76.7 Å². The van der Waals surface area contributed by atoms with Crippen LogP contribution in [-0.2, 0) is 25.7 Å². The Hall–Kier alpha value is -3.57. The summed E-state index contributed by atoms with van der Waals surface area (Å²) in [5.74, 6) is 1.19. The van der Waals surface area contributed by atoms with Gasteiger partial charge in [0.1, 0.15) is 5.75 Å². The summed E-state index contributed by atoms with van der Waals surface area (Å²) in [5.41, 5.74) is 1.68. The fourth-order valence-corrected chi connectivity index (χ4v) is 4.96. The van der Waals surface area contributed by atoms with Crippen LogP contribution >= 0.6 is 0 Å². The summed E-state index contributed by atoms with van der Waals surface area (Å²) in [6.45, 7) is 7.22. The quantitative estimate of drug-likeness (QED) is 0.474. The first kappa shape index (κ1) is 26.1. The van der Waals surface area contributed by atoms with Gasteiger partial charge in [-0.2, -0.15) is 18.3 Å². The molecule has 0 radical (unpaired) electrons. The molecule has 202 valence electrons. The number of ether oxygens (including phenoxy) is 1. The fourth-order valence-electron chi connectivity index (χ4n) is 4.96. The van der Waals surface area contributed by atoms with Crippen molar-refractivity contribution in [2.75, 3.05) is 44.6 Å². The normalized spacial score (nSPS) is 16.8. The van der Waals surface area contributed by atoms with Crippen LogP contribution in [0.1, 0.15) is 29.2 Å².